The summed E-state index contributed by atoms with van der Waals surface area (Å²) < 4.78 is 17.0. The lowest BCUT2D eigenvalue weighted by molar-refractivity contribution is 0.0147. The minimum Gasteiger partial charge on any atom is -0.373 e. The fourth-order valence-electron chi connectivity index (χ4n) is 6.08. The molecular formula is C28H26Cl2N4O4. The number of hydrogen-bond donors (Lipinski definition) is 1. The third-order valence-corrected chi connectivity index (χ3v) is 8.63. The molecule has 4 aromatic rings. The van der Waals surface area contributed by atoms with Crippen molar-refractivity contribution in [3.63, 3.8) is 0 Å². The largest absolute Gasteiger partial charge is 0.439 e. The number of nitrogens with zero attached hydrogens (tertiary/aromatic N) is 3. The topological polar surface area (TPSA) is 97.4 Å². The first-order valence-corrected chi connectivity index (χ1v) is 13.8. The van der Waals surface area contributed by atoms with Crippen molar-refractivity contribution >= 4 is 28.9 Å². The normalized spacial score (nSPS) is 22.8. The van der Waals surface area contributed by atoms with Crippen LogP contribution in [0.4, 0.5) is 5.69 Å². The molecule has 0 spiro atoms. The number of rotatable bonds is 7. The van der Waals surface area contributed by atoms with Crippen LogP contribution in [0.15, 0.2) is 56.3 Å². The molecule has 0 radical (unpaired) electrons. The monoisotopic (exact) mass is 552 g/mol. The van der Waals surface area contributed by atoms with Gasteiger partial charge in [0.15, 0.2) is 5.82 Å². The smallest absolute Gasteiger partial charge is 0.373 e. The van der Waals surface area contributed by atoms with Crippen LogP contribution in [0.1, 0.15) is 55.8 Å². The van der Waals surface area contributed by atoms with Crippen LogP contribution in [0, 0.1) is 0 Å². The summed E-state index contributed by atoms with van der Waals surface area (Å²) in [5, 5.41) is 9.29. The highest BCUT2D eigenvalue weighted by Gasteiger charge is 2.42. The number of aromatic nitrogens is 3. The van der Waals surface area contributed by atoms with Crippen LogP contribution in [0.3, 0.4) is 0 Å². The van der Waals surface area contributed by atoms with E-state index in [1.807, 2.05) is 30.3 Å². The molecule has 3 atom stereocenters. The van der Waals surface area contributed by atoms with Gasteiger partial charge in [-0.15, -0.1) is 0 Å². The Balaban J connectivity index is 1.07. The standard InChI is InChI=1S/C28H26Cl2N4O4/c29-22-2-1-3-23(30)24(22)25-21(26(37-32-25)15-4-5-15)14-36-20-12-18-10-11-19(13-20)34(18)17-8-6-16(7-9-17)27-31-28(35)38-33-27/h1-3,6-9,15,18-20H,4-5,10-14H2,(H,31,33,35)/t18-,19+,20+. The lowest BCUT2D eigenvalue weighted by Crippen LogP contribution is -2.45. The Bertz CT molecular complexity index is 1490. The van der Waals surface area contributed by atoms with E-state index in [1.54, 1.807) is 0 Å². The summed E-state index contributed by atoms with van der Waals surface area (Å²) >= 11 is 13.0. The van der Waals surface area contributed by atoms with Gasteiger partial charge in [0, 0.05) is 40.4 Å². The minimum absolute atomic E-state index is 0.153. The van der Waals surface area contributed by atoms with Crippen molar-refractivity contribution in [2.45, 2.75) is 69.2 Å². The molecule has 196 valence electrons. The van der Waals surface area contributed by atoms with E-state index in [2.05, 4.69) is 36.9 Å². The molecule has 0 amide bonds. The SMILES string of the molecule is O=c1[nH]c(-c2ccc(N3[C@@H]4CC[C@H]3C[C@@H](OCc3c(-c5c(Cl)cccc5Cl)noc3C3CC3)C4)cc2)no1. The molecule has 2 aromatic carbocycles. The van der Waals surface area contributed by atoms with Gasteiger partial charge in [0.2, 0.25) is 0 Å². The number of aromatic amines is 1. The lowest BCUT2D eigenvalue weighted by atomic mass is 9.98. The van der Waals surface area contributed by atoms with Crippen LogP contribution in [-0.4, -0.2) is 33.5 Å². The van der Waals surface area contributed by atoms with Crippen molar-refractivity contribution in [2.24, 2.45) is 0 Å². The maximum atomic E-state index is 11.3. The van der Waals surface area contributed by atoms with Crippen molar-refractivity contribution in [3.8, 4) is 22.6 Å². The summed E-state index contributed by atoms with van der Waals surface area (Å²) in [4.78, 5) is 16.4. The van der Waals surface area contributed by atoms with Gasteiger partial charge in [-0.1, -0.05) is 39.6 Å². The number of piperidine rings is 1. The van der Waals surface area contributed by atoms with E-state index in [9.17, 15) is 4.79 Å². The first kappa shape index (κ1) is 24.0. The third-order valence-electron chi connectivity index (χ3n) is 8.00. The highest BCUT2D eigenvalue weighted by atomic mass is 35.5. The molecule has 2 aliphatic heterocycles. The Kier molecular flexibility index (Phi) is 6.06. The number of benzene rings is 2. The second kappa shape index (κ2) is 9.59. The summed E-state index contributed by atoms with van der Waals surface area (Å²) in [5.41, 5.74) is 4.37. The molecule has 0 unspecified atom stereocenters. The van der Waals surface area contributed by atoms with Crippen LogP contribution >= 0.6 is 23.2 Å². The van der Waals surface area contributed by atoms with E-state index in [1.165, 1.54) is 5.69 Å². The summed E-state index contributed by atoms with van der Waals surface area (Å²) in [5.74, 6) is 1.19. The Morgan fingerprint density at radius 2 is 1.66 bits per heavy atom. The second-order valence-corrected chi connectivity index (χ2v) is 11.2. The molecule has 1 saturated carbocycles. The highest BCUT2D eigenvalue weighted by molar-refractivity contribution is 6.39. The predicted octanol–water partition coefficient (Wildman–Crippen LogP) is 6.59. The molecule has 4 heterocycles. The predicted molar refractivity (Wildman–Crippen MR) is 144 cm³/mol. The Morgan fingerprint density at radius 3 is 2.29 bits per heavy atom. The minimum atomic E-state index is -0.554. The van der Waals surface area contributed by atoms with E-state index in [0.717, 1.165) is 55.4 Å². The van der Waals surface area contributed by atoms with Gasteiger partial charge in [0.1, 0.15) is 11.5 Å². The lowest BCUT2D eigenvalue weighted by Gasteiger charge is -2.40. The molecule has 3 fully saturated rings. The van der Waals surface area contributed by atoms with Crippen molar-refractivity contribution in [1.29, 1.82) is 0 Å². The molecule has 2 saturated heterocycles. The molecule has 1 N–H and O–H groups in total. The number of anilines is 1. The molecule has 3 aliphatic rings. The fourth-order valence-corrected chi connectivity index (χ4v) is 6.66. The molecule has 2 bridgehead atoms. The Hall–Kier alpha value is -3.07. The Labute approximate surface area is 228 Å². The molecule has 2 aromatic heterocycles. The van der Waals surface area contributed by atoms with Crippen LogP contribution < -0.4 is 10.7 Å². The molecular weight excluding hydrogens is 527 g/mol. The van der Waals surface area contributed by atoms with E-state index in [4.69, 9.17) is 32.5 Å². The highest BCUT2D eigenvalue weighted by Crippen LogP contribution is 2.47. The number of hydrogen-bond acceptors (Lipinski definition) is 7. The van der Waals surface area contributed by atoms with Crippen molar-refractivity contribution in [1.82, 2.24) is 15.3 Å². The summed E-state index contributed by atoms with van der Waals surface area (Å²) in [6, 6.07) is 14.4. The number of ether oxygens (including phenoxy) is 1. The van der Waals surface area contributed by atoms with E-state index < -0.39 is 5.76 Å². The van der Waals surface area contributed by atoms with Crippen molar-refractivity contribution in [2.75, 3.05) is 4.90 Å². The van der Waals surface area contributed by atoms with Gasteiger partial charge in [0.05, 0.1) is 22.8 Å². The number of H-pyrrole nitrogens is 1. The van der Waals surface area contributed by atoms with Gasteiger partial charge < -0.3 is 14.2 Å². The van der Waals surface area contributed by atoms with Gasteiger partial charge in [-0.2, -0.15) is 0 Å². The third kappa shape index (κ3) is 4.34. The fraction of sp³-hybridized carbons (Fsp3) is 0.393. The second-order valence-electron chi connectivity index (χ2n) is 10.4. The summed E-state index contributed by atoms with van der Waals surface area (Å²) in [6.07, 6.45) is 6.56. The maximum absolute atomic E-state index is 11.3. The summed E-state index contributed by atoms with van der Waals surface area (Å²) in [7, 11) is 0. The summed E-state index contributed by atoms with van der Waals surface area (Å²) in [6.45, 7) is 0.431. The van der Waals surface area contributed by atoms with Crippen molar-refractivity contribution < 1.29 is 13.8 Å². The quantitative estimate of drug-likeness (QED) is 0.276. The zero-order chi connectivity index (χ0) is 25.8. The zero-order valence-corrected chi connectivity index (χ0v) is 22.0. The van der Waals surface area contributed by atoms with Crippen LogP contribution in [0.2, 0.25) is 10.0 Å². The number of halogens is 2. The Morgan fingerprint density at radius 1 is 0.947 bits per heavy atom. The number of nitrogens with one attached hydrogen (secondary N) is 1. The molecule has 7 rings (SSSR count). The van der Waals surface area contributed by atoms with Crippen LogP contribution in [-0.2, 0) is 11.3 Å². The van der Waals surface area contributed by atoms with E-state index >= 15 is 0 Å². The average molecular weight is 553 g/mol. The van der Waals surface area contributed by atoms with Gasteiger partial charge in [-0.05, 0) is 74.9 Å². The first-order valence-electron chi connectivity index (χ1n) is 13.0. The van der Waals surface area contributed by atoms with Crippen LogP contribution in [0.25, 0.3) is 22.6 Å². The zero-order valence-electron chi connectivity index (χ0n) is 20.5. The molecule has 38 heavy (non-hydrogen) atoms. The molecule has 1 aliphatic carbocycles. The van der Waals surface area contributed by atoms with Crippen LogP contribution in [0.5, 0.6) is 0 Å². The van der Waals surface area contributed by atoms with Gasteiger partial charge in [0.25, 0.3) is 0 Å². The van der Waals surface area contributed by atoms with E-state index in [-0.39, 0.29) is 6.10 Å². The van der Waals surface area contributed by atoms with Gasteiger partial charge in [-0.25, -0.2) is 4.79 Å². The van der Waals surface area contributed by atoms with E-state index in [0.29, 0.717) is 51.7 Å². The van der Waals surface area contributed by atoms with Gasteiger partial charge >= 0.3 is 5.76 Å². The maximum Gasteiger partial charge on any atom is 0.439 e. The molecule has 8 nitrogen and oxygen atoms in total. The van der Waals surface area contributed by atoms with Gasteiger partial charge in [-0.3, -0.25) is 9.51 Å². The molecule has 10 heteroatoms. The van der Waals surface area contributed by atoms with Crippen molar-refractivity contribution in [3.05, 3.63) is 74.4 Å². The average Bonchev–Trinajstić information content (AvgIpc) is 3.44. The first-order chi connectivity index (χ1) is 18.5. The number of fused-ring (bicyclic) bond motifs is 2.